The molecule has 2 aromatic carbocycles. The molecular formula is C16H14Cl2N2O2. The molecular weight excluding hydrogens is 323 g/mol. The maximum atomic E-state index is 11.4. The maximum absolute atomic E-state index is 11.4. The van der Waals surface area contributed by atoms with E-state index in [1.165, 1.54) is 13.8 Å². The molecule has 22 heavy (non-hydrogen) atoms. The number of hydrogen-bond donors (Lipinski definition) is 2. The lowest BCUT2D eigenvalue weighted by molar-refractivity contribution is -0.115. The van der Waals surface area contributed by atoms with E-state index < -0.39 is 0 Å². The summed E-state index contributed by atoms with van der Waals surface area (Å²) < 4.78 is 0. The molecule has 4 nitrogen and oxygen atoms in total. The predicted molar refractivity (Wildman–Crippen MR) is 90.5 cm³/mol. The molecule has 0 spiro atoms. The highest BCUT2D eigenvalue weighted by Gasteiger charge is 2.17. The van der Waals surface area contributed by atoms with Crippen molar-refractivity contribution < 1.29 is 9.59 Å². The van der Waals surface area contributed by atoms with Crippen LogP contribution in [0.25, 0.3) is 11.1 Å². The monoisotopic (exact) mass is 336 g/mol. The van der Waals surface area contributed by atoms with Crippen molar-refractivity contribution in [1.82, 2.24) is 0 Å². The number of hydrogen-bond acceptors (Lipinski definition) is 2. The minimum Gasteiger partial charge on any atom is -0.326 e. The van der Waals surface area contributed by atoms with Crippen LogP contribution in [0.2, 0.25) is 10.0 Å². The Kier molecular flexibility index (Phi) is 5.06. The molecule has 0 heterocycles. The Labute approximate surface area is 138 Å². The summed E-state index contributed by atoms with van der Waals surface area (Å²) >= 11 is 12.6. The fourth-order valence-electron chi connectivity index (χ4n) is 2.14. The van der Waals surface area contributed by atoms with Crippen LogP contribution in [0.1, 0.15) is 13.8 Å². The molecule has 0 unspecified atom stereocenters. The van der Waals surface area contributed by atoms with Crippen molar-refractivity contribution in [2.75, 3.05) is 10.6 Å². The van der Waals surface area contributed by atoms with Gasteiger partial charge in [0, 0.05) is 25.0 Å². The van der Waals surface area contributed by atoms with Gasteiger partial charge >= 0.3 is 0 Å². The van der Waals surface area contributed by atoms with Crippen molar-refractivity contribution in [3.8, 4) is 11.1 Å². The number of benzene rings is 2. The minimum absolute atomic E-state index is 0.225. The van der Waals surface area contributed by atoms with Gasteiger partial charge in [-0.2, -0.15) is 0 Å². The predicted octanol–water partition coefficient (Wildman–Crippen LogP) is 4.58. The second kappa shape index (κ2) is 6.81. The number of carbonyl (C=O) groups excluding carboxylic acids is 2. The standard InChI is InChI=1S/C16H14Cl2N2O2/c1-9(21)19-13-7-3-5-11(17)15(13)16-12(18)6-4-8-14(16)20-10(2)22/h3-8H,1-2H3,(H,19,21)(H,20,22). The average Bonchev–Trinajstić information content (AvgIpc) is 2.40. The van der Waals surface area contributed by atoms with E-state index in [0.29, 0.717) is 32.5 Å². The van der Waals surface area contributed by atoms with E-state index in [2.05, 4.69) is 10.6 Å². The van der Waals surface area contributed by atoms with Crippen molar-refractivity contribution in [2.45, 2.75) is 13.8 Å². The van der Waals surface area contributed by atoms with Crippen LogP contribution in [-0.4, -0.2) is 11.8 Å². The lowest BCUT2D eigenvalue weighted by Gasteiger charge is -2.17. The zero-order chi connectivity index (χ0) is 16.3. The Balaban J connectivity index is 2.70. The highest BCUT2D eigenvalue weighted by atomic mass is 35.5. The highest BCUT2D eigenvalue weighted by molar-refractivity contribution is 6.38. The Hall–Kier alpha value is -2.04. The molecule has 2 amide bonds. The molecule has 0 aliphatic carbocycles. The number of carbonyl (C=O) groups is 2. The molecule has 0 radical (unpaired) electrons. The van der Waals surface area contributed by atoms with Gasteiger partial charge in [0.1, 0.15) is 0 Å². The zero-order valence-corrected chi connectivity index (χ0v) is 13.5. The van der Waals surface area contributed by atoms with Gasteiger partial charge in [0.25, 0.3) is 0 Å². The summed E-state index contributed by atoms with van der Waals surface area (Å²) in [5.74, 6) is -0.451. The van der Waals surface area contributed by atoms with Gasteiger partial charge in [-0.1, -0.05) is 35.3 Å². The van der Waals surface area contributed by atoms with Crippen LogP contribution in [0, 0.1) is 0 Å². The first-order valence-electron chi connectivity index (χ1n) is 6.52. The third-order valence-electron chi connectivity index (χ3n) is 2.90. The molecule has 0 aliphatic heterocycles. The molecule has 0 fully saturated rings. The van der Waals surface area contributed by atoms with Crippen LogP contribution in [0.5, 0.6) is 0 Å². The molecule has 2 N–H and O–H groups in total. The number of nitrogens with one attached hydrogen (secondary N) is 2. The van der Waals surface area contributed by atoms with Crippen molar-refractivity contribution in [3.63, 3.8) is 0 Å². The largest absolute Gasteiger partial charge is 0.326 e. The van der Waals surface area contributed by atoms with E-state index in [-0.39, 0.29) is 11.8 Å². The van der Waals surface area contributed by atoms with Crippen molar-refractivity contribution in [1.29, 1.82) is 0 Å². The molecule has 2 aromatic rings. The molecule has 0 atom stereocenters. The first-order valence-corrected chi connectivity index (χ1v) is 7.28. The van der Waals surface area contributed by atoms with E-state index in [1.54, 1.807) is 36.4 Å². The number of anilines is 2. The highest BCUT2D eigenvalue weighted by Crippen LogP contribution is 2.43. The Morgan fingerprint density at radius 1 is 0.773 bits per heavy atom. The number of amides is 2. The van der Waals surface area contributed by atoms with Crippen LogP contribution < -0.4 is 10.6 Å². The molecule has 0 saturated heterocycles. The Morgan fingerprint density at radius 2 is 1.14 bits per heavy atom. The first-order chi connectivity index (χ1) is 10.4. The maximum Gasteiger partial charge on any atom is 0.221 e. The quantitative estimate of drug-likeness (QED) is 0.861. The summed E-state index contributed by atoms with van der Waals surface area (Å²) in [5.41, 5.74) is 2.18. The van der Waals surface area contributed by atoms with E-state index in [9.17, 15) is 9.59 Å². The van der Waals surface area contributed by atoms with Gasteiger partial charge in [0.15, 0.2) is 0 Å². The fourth-order valence-corrected chi connectivity index (χ4v) is 2.68. The third kappa shape index (κ3) is 3.59. The van der Waals surface area contributed by atoms with E-state index >= 15 is 0 Å². The summed E-state index contributed by atoms with van der Waals surface area (Å²) in [6.45, 7) is 2.82. The van der Waals surface area contributed by atoms with Crippen LogP contribution in [0.4, 0.5) is 11.4 Å². The van der Waals surface area contributed by atoms with Gasteiger partial charge in [0.05, 0.1) is 21.4 Å². The van der Waals surface area contributed by atoms with Gasteiger partial charge in [-0.15, -0.1) is 0 Å². The van der Waals surface area contributed by atoms with Crippen LogP contribution in [-0.2, 0) is 9.59 Å². The number of halogens is 2. The molecule has 0 aromatic heterocycles. The second-order valence-electron chi connectivity index (χ2n) is 4.69. The Bertz CT molecular complexity index is 681. The summed E-state index contributed by atoms with van der Waals surface area (Å²) in [6, 6.07) is 10.3. The van der Waals surface area contributed by atoms with E-state index in [0.717, 1.165) is 0 Å². The summed E-state index contributed by atoms with van der Waals surface area (Å²) in [5, 5.41) is 6.30. The first kappa shape index (κ1) is 16.3. The second-order valence-corrected chi connectivity index (χ2v) is 5.50. The molecule has 2 rings (SSSR count). The molecule has 0 bridgehead atoms. The van der Waals surface area contributed by atoms with Crippen molar-refractivity contribution in [2.24, 2.45) is 0 Å². The van der Waals surface area contributed by atoms with E-state index in [1.807, 2.05) is 0 Å². The fraction of sp³-hybridized carbons (Fsp3) is 0.125. The molecule has 0 aliphatic rings. The van der Waals surface area contributed by atoms with Gasteiger partial charge in [0.2, 0.25) is 11.8 Å². The summed E-state index contributed by atoms with van der Waals surface area (Å²) in [6.07, 6.45) is 0. The van der Waals surface area contributed by atoms with Gasteiger partial charge in [-0.25, -0.2) is 0 Å². The smallest absolute Gasteiger partial charge is 0.221 e. The van der Waals surface area contributed by atoms with Crippen LogP contribution in [0.15, 0.2) is 36.4 Å². The Morgan fingerprint density at radius 3 is 1.45 bits per heavy atom. The van der Waals surface area contributed by atoms with Crippen LogP contribution >= 0.6 is 23.2 Å². The normalized spacial score (nSPS) is 10.2. The topological polar surface area (TPSA) is 58.2 Å². The molecule has 6 heteroatoms. The average molecular weight is 337 g/mol. The van der Waals surface area contributed by atoms with Gasteiger partial charge < -0.3 is 10.6 Å². The lowest BCUT2D eigenvalue weighted by atomic mass is 10.0. The molecule has 114 valence electrons. The van der Waals surface area contributed by atoms with Crippen LogP contribution in [0.3, 0.4) is 0 Å². The summed E-state index contributed by atoms with van der Waals surface area (Å²) in [7, 11) is 0. The van der Waals surface area contributed by atoms with E-state index in [4.69, 9.17) is 23.2 Å². The van der Waals surface area contributed by atoms with Gasteiger partial charge in [-0.3, -0.25) is 9.59 Å². The van der Waals surface area contributed by atoms with Gasteiger partial charge in [-0.05, 0) is 24.3 Å². The number of rotatable bonds is 3. The third-order valence-corrected chi connectivity index (χ3v) is 3.53. The molecule has 0 saturated carbocycles. The zero-order valence-electron chi connectivity index (χ0n) is 12.0. The summed E-state index contributed by atoms with van der Waals surface area (Å²) in [4.78, 5) is 22.8. The van der Waals surface area contributed by atoms with Crippen molar-refractivity contribution >= 4 is 46.4 Å². The van der Waals surface area contributed by atoms with Crippen molar-refractivity contribution in [3.05, 3.63) is 46.4 Å². The minimum atomic E-state index is -0.225. The SMILES string of the molecule is CC(=O)Nc1cccc(Cl)c1-c1c(Cl)cccc1NC(C)=O. The lowest BCUT2D eigenvalue weighted by Crippen LogP contribution is -2.10.